The molecule has 0 aliphatic heterocycles. The maximum atomic E-state index is 13.9. The zero-order valence-corrected chi connectivity index (χ0v) is 20.2. The summed E-state index contributed by atoms with van der Waals surface area (Å²) < 4.78 is 25.8. The average Bonchev–Trinajstić information content (AvgIpc) is 2.88. The van der Waals surface area contributed by atoms with Gasteiger partial charge in [0.15, 0.2) is 11.5 Å². The topological polar surface area (TPSA) is 109 Å². The summed E-state index contributed by atoms with van der Waals surface area (Å²) in [7, 11) is 0. The molecule has 8 heteroatoms. The van der Waals surface area contributed by atoms with Crippen LogP contribution in [-0.2, 0) is 17.8 Å². The molecule has 0 saturated carbocycles. The van der Waals surface area contributed by atoms with E-state index in [1.807, 2.05) is 13.0 Å². The van der Waals surface area contributed by atoms with E-state index in [2.05, 4.69) is 11.9 Å². The highest BCUT2D eigenvalue weighted by Gasteiger charge is 2.16. The summed E-state index contributed by atoms with van der Waals surface area (Å²) in [5.74, 6) is -1.50. The van der Waals surface area contributed by atoms with Gasteiger partial charge in [-0.25, -0.2) is 9.18 Å². The molecule has 0 spiro atoms. The number of nitrogens with one attached hydrogen (secondary N) is 1. The zero-order valence-electron chi connectivity index (χ0n) is 20.2. The largest absolute Gasteiger partial charge is 0.490 e. The highest BCUT2D eigenvalue weighted by molar-refractivity contribution is 6.09. The fourth-order valence-electron chi connectivity index (χ4n) is 3.47. The molecule has 0 aromatic heterocycles. The quantitative estimate of drug-likeness (QED) is 0.196. The summed E-state index contributed by atoms with van der Waals surface area (Å²) in [6, 6.07) is 17.3. The number of carboxylic acid groups (broad SMARTS) is 1. The molecule has 0 aliphatic carbocycles. The van der Waals surface area contributed by atoms with Gasteiger partial charge in [-0.05, 0) is 66.9 Å². The van der Waals surface area contributed by atoms with Crippen LogP contribution in [0.1, 0.15) is 34.0 Å². The van der Waals surface area contributed by atoms with Crippen LogP contribution in [-0.4, -0.2) is 23.6 Å². The number of halogens is 1. The van der Waals surface area contributed by atoms with Gasteiger partial charge in [0.1, 0.15) is 24.1 Å². The summed E-state index contributed by atoms with van der Waals surface area (Å²) in [6.45, 7) is 6.10. The minimum Gasteiger partial charge on any atom is -0.490 e. The molecule has 7 nitrogen and oxygen atoms in total. The van der Waals surface area contributed by atoms with E-state index in [0.717, 1.165) is 5.56 Å². The van der Waals surface area contributed by atoms with Crippen LogP contribution in [0, 0.1) is 17.1 Å². The van der Waals surface area contributed by atoms with E-state index in [0.29, 0.717) is 35.7 Å². The lowest BCUT2D eigenvalue weighted by atomic mass is 10.0. The summed E-state index contributed by atoms with van der Waals surface area (Å²) in [6.07, 6.45) is 3.49. The molecule has 3 rings (SSSR count). The van der Waals surface area contributed by atoms with E-state index >= 15 is 0 Å². The van der Waals surface area contributed by atoms with Crippen LogP contribution in [0.25, 0.3) is 6.08 Å². The standard InChI is InChI=1S/C29H25FN2O5/c1-3-7-22-14-20(15-23(17-31)28(33)32-25-9-6-5-8-24(25)30)16-26(36-4-2)27(22)37-18-19-10-12-21(13-11-19)29(34)35/h3,5-6,8-16H,1,4,7,18H2,2H3,(H,32,33)(H,34,35)/b23-15-. The van der Waals surface area contributed by atoms with Crippen LogP contribution in [0.5, 0.6) is 11.5 Å². The average molecular weight is 501 g/mol. The highest BCUT2D eigenvalue weighted by Crippen LogP contribution is 2.35. The Hall–Kier alpha value is -4.90. The maximum Gasteiger partial charge on any atom is 0.335 e. The van der Waals surface area contributed by atoms with E-state index < -0.39 is 17.7 Å². The first-order valence-electron chi connectivity index (χ1n) is 11.4. The smallest absolute Gasteiger partial charge is 0.335 e. The second-order valence-corrected chi connectivity index (χ2v) is 7.83. The lowest BCUT2D eigenvalue weighted by Crippen LogP contribution is -2.14. The number of hydrogen-bond donors (Lipinski definition) is 2. The van der Waals surface area contributed by atoms with Crippen molar-refractivity contribution < 1.29 is 28.6 Å². The number of allylic oxidation sites excluding steroid dienone is 1. The first kappa shape index (κ1) is 26.7. The predicted molar refractivity (Wildman–Crippen MR) is 138 cm³/mol. The van der Waals surface area contributed by atoms with Crippen molar-refractivity contribution >= 4 is 23.6 Å². The monoisotopic (exact) mass is 500 g/mol. The Labute approximate surface area is 214 Å². The third-order valence-electron chi connectivity index (χ3n) is 5.20. The third kappa shape index (κ3) is 7.05. The van der Waals surface area contributed by atoms with Gasteiger partial charge in [0, 0.05) is 5.56 Å². The van der Waals surface area contributed by atoms with Crippen LogP contribution in [0.2, 0.25) is 0 Å². The number of hydrogen-bond acceptors (Lipinski definition) is 5. The number of carboxylic acids is 1. The third-order valence-corrected chi connectivity index (χ3v) is 5.20. The van der Waals surface area contributed by atoms with Crippen LogP contribution in [0.15, 0.2) is 78.9 Å². The normalized spacial score (nSPS) is 10.8. The van der Waals surface area contributed by atoms with E-state index in [9.17, 15) is 19.2 Å². The molecule has 0 atom stereocenters. The molecule has 0 aliphatic rings. The number of para-hydroxylation sites is 1. The second kappa shape index (κ2) is 12.7. The molecule has 0 unspecified atom stereocenters. The van der Waals surface area contributed by atoms with E-state index in [1.165, 1.54) is 36.4 Å². The van der Waals surface area contributed by atoms with E-state index in [1.54, 1.807) is 36.4 Å². The zero-order chi connectivity index (χ0) is 26.8. The minimum absolute atomic E-state index is 0.0314. The fraction of sp³-hybridized carbons (Fsp3) is 0.138. The van der Waals surface area contributed by atoms with Gasteiger partial charge >= 0.3 is 5.97 Å². The molecule has 2 N–H and O–H groups in total. The maximum absolute atomic E-state index is 13.9. The lowest BCUT2D eigenvalue weighted by molar-refractivity contribution is -0.112. The van der Waals surface area contributed by atoms with Crippen molar-refractivity contribution in [2.75, 3.05) is 11.9 Å². The number of anilines is 1. The van der Waals surface area contributed by atoms with Crippen LogP contribution >= 0.6 is 0 Å². The molecule has 0 radical (unpaired) electrons. The molecule has 0 heterocycles. The number of aromatic carboxylic acids is 1. The number of nitrogens with zero attached hydrogens (tertiary/aromatic N) is 1. The van der Waals surface area contributed by atoms with Gasteiger partial charge in [0.2, 0.25) is 0 Å². The molecular formula is C29H25FN2O5. The summed E-state index contributed by atoms with van der Waals surface area (Å²) in [4.78, 5) is 23.7. The molecule has 3 aromatic rings. The number of rotatable bonds is 11. The molecule has 3 aromatic carbocycles. The molecule has 37 heavy (non-hydrogen) atoms. The molecular weight excluding hydrogens is 475 g/mol. The van der Waals surface area contributed by atoms with Crippen LogP contribution < -0.4 is 14.8 Å². The summed E-state index contributed by atoms with van der Waals surface area (Å²) in [5.41, 5.74) is 1.91. The Bertz CT molecular complexity index is 1370. The van der Waals surface area contributed by atoms with Crippen molar-refractivity contribution in [1.82, 2.24) is 0 Å². The molecule has 0 fully saturated rings. The van der Waals surface area contributed by atoms with Gasteiger partial charge in [-0.1, -0.05) is 30.3 Å². The number of nitriles is 1. The van der Waals surface area contributed by atoms with Crippen molar-refractivity contribution in [2.24, 2.45) is 0 Å². The number of amides is 1. The summed E-state index contributed by atoms with van der Waals surface area (Å²) >= 11 is 0. The Morgan fingerprint density at radius 3 is 2.49 bits per heavy atom. The van der Waals surface area contributed by atoms with Crippen molar-refractivity contribution in [3.05, 3.63) is 107 Å². The van der Waals surface area contributed by atoms with Gasteiger partial charge in [0.25, 0.3) is 5.91 Å². The van der Waals surface area contributed by atoms with Gasteiger partial charge in [-0.3, -0.25) is 4.79 Å². The SMILES string of the molecule is C=CCc1cc(/C=C(/C#N)C(=O)Nc2ccccc2F)cc(OCC)c1OCc1ccc(C(=O)O)cc1. The predicted octanol–water partition coefficient (Wildman–Crippen LogP) is 5.78. The Kier molecular flexibility index (Phi) is 9.17. The summed E-state index contributed by atoms with van der Waals surface area (Å²) in [5, 5.41) is 21.1. The molecule has 0 bridgehead atoms. The van der Waals surface area contributed by atoms with E-state index in [-0.39, 0.29) is 23.4 Å². The Morgan fingerprint density at radius 2 is 1.86 bits per heavy atom. The number of carbonyl (C=O) groups excluding carboxylic acids is 1. The number of carbonyl (C=O) groups is 2. The van der Waals surface area contributed by atoms with Gasteiger partial charge in [-0.2, -0.15) is 5.26 Å². The molecule has 0 saturated heterocycles. The van der Waals surface area contributed by atoms with E-state index in [4.69, 9.17) is 14.6 Å². The minimum atomic E-state index is -1.01. The first-order chi connectivity index (χ1) is 17.9. The van der Waals surface area contributed by atoms with Crippen molar-refractivity contribution in [3.8, 4) is 17.6 Å². The first-order valence-corrected chi connectivity index (χ1v) is 11.4. The Morgan fingerprint density at radius 1 is 1.14 bits per heavy atom. The van der Waals surface area contributed by atoms with Gasteiger partial charge < -0.3 is 19.9 Å². The lowest BCUT2D eigenvalue weighted by Gasteiger charge is -2.17. The van der Waals surface area contributed by atoms with Crippen LogP contribution in [0.3, 0.4) is 0 Å². The fourth-order valence-corrected chi connectivity index (χ4v) is 3.47. The molecule has 1 amide bonds. The number of benzene rings is 3. The Balaban J connectivity index is 1.91. The van der Waals surface area contributed by atoms with Gasteiger partial charge in [0.05, 0.1) is 17.9 Å². The highest BCUT2D eigenvalue weighted by atomic mass is 19.1. The number of ether oxygens (including phenoxy) is 2. The van der Waals surface area contributed by atoms with Crippen molar-refractivity contribution in [3.63, 3.8) is 0 Å². The van der Waals surface area contributed by atoms with Gasteiger partial charge in [-0.15, -0.1) is 6.58 Å². The molecule has 188 valence electrons. The van der Waals surface area contributed by atoms with Crippen LogP contribution in [0.4, 0.5) is 10.1 Å². The second-order valence-electron chi connectivity index (χ2n) is 7.83. The van der Waals surface area contributed by atoms with Crippen molar-refractivity contribution in [2.45, 2.75) is 20.0 Å². The van der Waals surface area contributed by atoms with Crippen molar-refractivity contribution in [1.29, 1.82) is 5.26 Å².